The Morgan fingerprint density at radius 3 is 2.62 bits per heavy atom. The molecular weight excluding hydrogens is 222 g/mol. The molecule has 1 aromatic rings. The van der Waals surface area contributed by atoms with Gasteiger partial charge in [-0.3, -0.25) is 5.41 Å². The minimum absolute atomic E-state index is 0.218. The summed E-state index contributed by atoms with van der Waals surface area (Å²) in [6.45, 7) is 7.92. The summed E-state index contributed by atoms with van der Waals surface area (Å²) in [5.41, 5.74) is 5.38. The number of hydrogen-bond acceptors (Lipinski definition) is 5. The van der Waals surface area contributed by atoms with Crippen LogP contribution in [0.25, 0.3) is 0 Å². The molecule has 90 valence electrons. The molecule has 0 bridgehead atoms. The van der Waals surface area contributed by atoms with Gasteiger partial charge in [-0.1, -0.05) is 25.2 Å². The molecule has 1 heterocycles. The maximum absolute atomic E-state index is 7.26. The second-order valence-electron chi connectivity index (χ2n) is 4.22. The zero-order valence-electron chi connectivity index (χ0n) is 10.0. The van der Waals surface area contributed by atoms with Gasteiger partial charge in [-0.2, -0.15) is 0 Å². The fourth-order valence-corrected chi connectivity index (χ4v) is 2.10. The highest BCUT2D eigenvalue weighted by molar-refractivity contribution is 7.15. The molecule has 5 nitrogen and oxygen atoms in total. The first kappa shape index (κ1) is 12.9. The molecule has 0 spiro atoms. The van der Waals surface area contributed by atoms with Gasteiger partial charge in [0.05, 0.1) is 5.84 Å². The van der Waals surface area contributed by atoms with Crippen LogP contribution in [0.3, 0.4) is 0 Å². The van der Waals surface area contributed by atoms with E-state index in [1.807, 2.05) is 6.92 Å². The highest BCUT2D eigenvalue weighted by Crippen LogP contribution is 2.20. The third-order valence-corrected chi connectivity index (χ3v) is 2.92. The van der Waals surface area contributed by atoms with Crippen LogP contribution in [0.5, 0.6) is 0 Å². The average Bonchev–Trinajstić information content (AvgIpc) is 2.58. The van der Waals surface area contributed by atoms with E-state index in [1.54, 1.807) is 11.3 Å². The lowest BCUT2D eigenvalue weighted by Gasteiger charge is -2.22. The molecule has 0 fully saturated rings. The van der Waals surface area contributed by atoms with Crippen molar-refractivity contribution in [1.82, 2.24) is 10.2 Å². The second kappa shape index (κ2) is 5.79. The Kier molecular flexibility index (Phi) is 4.67. The first-order valence-electron chi connectivity index (χ1n) is 5.37. The molecule has 0 aliphatic rings. The van der Waals surface area contributed by atoms with E-state index in [2.05, 4.69) is 28.9 Å². The van der Waals surface area contributed by atoms with Crippen LogP contribution < -0.4 is 10.6 Å². The molecule has 16 heavy (non-hydrogen) atoms. The van der Waals surface area contributed by atoms with Gasteiger partial charge < -0.3 is 10.6 Å². The van der Waals surface area contributed by atoms with Crippen molar-refractivity contribution in [3.8, 4) is 0 Å². The van der Waals surface area contributed by atoms with E-state index < -0.39 is 0 Å². The predicted molar refractivity (Wildman–Crippen MR) is 68.2 cm³/mol. The summed E-state index contributed by atoms with van der Waals surface area (Å²) >= 11 is 1.58. The largest absolute Gasteiger partial charge is 0.388 e. The maximum Gasteiger partial charge on any atom is 0.208 e. The molecule has 0 unspecified atom stereocenters. The molecule has 0 saturated carbocycles. The van der Waals surface area contributed by atoms with Crippen LogP contribution in [-0.2, 0) is 0 Å². The van der Waals surface area contributed by atoms with Crippen molar-refractivity contribution in [2.24, 2.45) is 11.7 Å². The standard InChI is InChI=1S/C10H19N5S/c1-7(2)6-15(5-4-9(11)12)10-14-13-8(3)16-10/h7H,4-6H2,1-3H3,(H3,11,12). The van der Waals surface area contributed by atoms with E-state index >= 15 is 0 Å². The van der Waals surface area contributed by atoms with Gasteiger partial charge in [0.1, 0.15) is 5.01 Å². The zero-order valence-corrected chi connectivity index (χ0v) is 10.8. The number of anilines is 1. The molecule has 1 rings (SSSR count). The fourth-order valence-electron chi connectivity index (χ4n) is 1.38. The van der Waals surface area contributed by atoms with Crippen LogP contribution >= 0.6 is 11.3 Å². The van der Waals surface area contributed by atoms with Crippen LogP contribution in [0, 0.1) is 18.3 Å². The Bertz CT molecular complexity index is 347. The lowest BCUT2D eigenvalue weighted by atomic mass is 10.2. The number of hydrogen-bond donors (Lipinski definition) is 2. The molecule has 0 saturated heterocycles. The Morgan fingerprint density at radius 2 is 2.19 bits per heavy atom. The highest BCUT2D eigenvalue weighted by Gasteiger charge is 2.13. The minimum atomic E-state index is 0.218. The number of nitrogens with two attached hydrogens (primary N) is 1. The SMILES string of the molecule is Cc1nnc(N(CCC(=N)N)CC(C)C)s1. The lowest BCUT2D eigenvalue weighted by molar-refractivity contribution is 0.610. The number of aromatic nitrogens is 2. The molecule has 1 aromatic heterocycles. The lowest BCUT2D eigenvalue weighted by Crippen LogP contribution is -2.31. The normalized spacial score (nSPS) is 10.8. The second-order valence-corrected chi connectivity index (χ2v) is 5.38. The van der Waals surface area contributed by atoms with Crippen molar-refractivity contribution in [1.29, 1.82) is 5.41 Å². The molecule has 6 heteroatoms. The number of nitrogens with one attached hydrogen (secondary N) is 1. The van der Waals surface area contributed by atoms with Gasteiger partial charge in [-0.25, -0.2) is 0 Å². The van der Waals surface area contributed by atoms with Crippen molar-refractivity contribution >= 4 is 22.3 Å². The summed E-state index contributed by atoms with van der Waals surface area (Å²) in [5.74, 6) is 0.770. The predicted octanol–water partition coefficient (Wildman–Crippen LogP) is 1.63. The first-order chi connectivity index (χ1) is 7.49. The Labute approximate surface area is 100 Å². The number of aryl methyl sites for hydroxylation is 1. The van der Waals surface area contributed by atoms with Gasteiger partial charge in [0, 0.05) is 19.5 Å². The van der Waals surface area contributed by atoms with E-state index in [4.69, 9.17) is 11.1 Å². The maximum atomic E-state index is 7.26. The Balaban J connectivity index is 2.66. The quantitative estimate of drug-likeness (QED) is 0.586. The Morgan fingerprint density at radius 1 is 1.50 bits per heavy atom. The van der Waals surface area contributed by atoms with E-state index in [1.165, 1.54) is 0 Å². The third-order valence-electron chi connectivity index (χ3n) is 2.02. The summed E-state index contributed by atoms with van der Waals surface area (Å²) in [5, 5.41) is 17.3. The van der Waals surface area contributed by atoms with E-state index in [0.717, 1.165) is 23.2 Å². The van der Waals surface area contributed by atoms with Crippen molar-refractivity contribution in [2.75, 3.05) is 18.0 Å². The van der Waals surface area contributed by atoms with E-state index in [0.29, 0.717) is 12.3 Å². The van der Waals surface area contributed by atoms with Gasteiger partial charge in [-0.15, -0.1) is 10.2 Å². The zero-order chi connectivity index (χ0) is 12.1. The van der Waals surface area contributed by atoms with Crippen LogP contribution in [0.15, 0.2) is 0 Å². The molecule has 3 N–H and O–H groups in total. The topological polar surface area (TPSA) is 78.9 Å². The van der Waals surface area contributed by atoms with Gasteiger partial charge in [-0.05, 0) is 12.8 Å². The molecular formula is C10H19N5S. The molecule has 0 aliphatic carbocycles. The van der Waals surface area contributed by atoms with Crippen LogP contribution in [0.1, 0.15) is 25.3 Å². The highest BCUT2D eigenvalue weighted by atomic mass is 32.1. The van der Waals surface area contributed by atoms with E-state index in [-0.39, 0.29) is 5.84 Å². The molecule has 0 amide bonds. The number of amidine groups is 1. The van der Waals surface area contributed by atoms with Crippen LogP contribution in [0.2, 0.25) is 0 Å². The smallest absolute Gasteiger partial charge is 0.208 e. The Hall–Kier alpha value is -1.17. The first-order valence-corrected chi connectivity index (χ1v) is 6.18. The summed E-state index contributed by atoms with van der Waals surface area (Å²) in [4.78, 5) is 2.15. The van der Waals surface area contributed by atoms with Gasteiger partial charge in [0.25, 0.3) is 0 Å². The van der Waals surface area contributed by atoms with Gasteiger partial charge >= 0.3 is 0 Å². The van der Waals surface area contributed by atoms with Crippen molar-refractivity contribution in [3.05, 3.63) is 5.01 Å². The van der Waals surface area contributed by atoms with E-state index in [9.17, 15) is 0 Å². The number of nitrogens with zero attached hydrogens (tertiary/aromatic N) is 3. The van der Waals surface area contributed by atoms with Crippen molar-refractivity contribution in [2.45, 2.75) is 27.2 Å². The van der Waals surface area contributed by atoms with Gasteiger partial charge in [0.15, 0.2) is 0 Å². The minimum Gasteiger partial charge on any atom is -0.388 e. The number of rotatable bonds is 6. The van der Waals surface area contributed by atoms with Crippen LogP contribution in [0.4, 0.5) is 5.13 Å². The summed E-state index contributed by atoms with van der Waals surface area (Å²) in [6, 6.07) is 0. The molecule has 0 aromatic carbocycles. The average molecular weight is 241 g/mol. The summed E-state index contributed by atoms with van der Waals surface area (Å²) in [6.07, 6.45) is 0.575. The summed E-state index contributed by atoms with van der Waals surface area (Å²) in [7, 11) is 0. The third kappa shape index (κ3) is 4.14. The van der Waals surface area contributed by atoms with Crippen LogP contribution in [-0.4, -0.2) is 29.1 Å². The fraction of sp³-hybridized carbons (Fsp3) is 0.700. The van der Waals surface area contributed by atoms with Crippen molar-refractivity contribution in [3.63, 3.8) is 0 Å². The molecule has 0 radical (unpaired) electrons. The monoisotopic (exact) mass is 241 g/mol. The molecule has 0 atom stereocenters. The van der Waals surface area contributed by atoms with Gasteiger partial charge in [0.2, 0.25) is 5.13 Å². The van der Waals surface area contributed by atoms with Crippen molar-refractivity contribution < 1.29 is 0 Å². The molecule has 0 aliphatic heterocycles. The summed E-state index contributed by atoms with van der Waals surface area (Å²) < 4.78 is 0.